The predicted octanol–water partition coefficient (Wildman–Crippen LogP) is 3.03. The number of nitrogens with two attached hydrogens (primary N) is 1. The first-order valence-electron chi connectivity index (χ1n) is 15.1. The number of nitrogen functional groups attached to an aromatic ring is 1. The van der Waals surface area contributed by atoms with E-state index in [0.29, 0.717) is 41.3 Å². The number of likely N-dealkylation sites (N-methyl/N-ethyl adjacent to an activating group) is 1. The van der Waals surface area contributed by atoms with E-state index in [1.807, 2.05) is 44.2 Å². The number of nitrogens with zero attached hydrogens (tertiary/aromatic N) is 8. The summed E-state index contributed by atoms with van der Waals surface area (Å²) in [5, 5.41) is 10.0. The third-order valence-electron chi connectivity index (χ3n) is 8.77. The molecular weight excluding hydrogens is 570 g/mol. The molecule has 1 amide bonds. The molecule has 4 aromatic rings. The fourth-order valence-corrected chi connectivity index (χ4v) is 6.03. The number of rotatable bonds is 8. The number of carbonyl (C=O) groups excluding carboxylic acids is 1. The van der Waals surface area contributed by atoms with Crippen molar-refractivity contribution in [1.29, 1.82) is 5.26 Å². The van der Waals surface area contributed by atoms with Gasteiger partial charge in [0.15, 0.2) is 11.5 Å². The monoisotopic (exact) mass is 607 g/mol. The molecule has 0 unspecified atom stereocenters. The van der Waals surface area contributed by atoms with Crippen LogP contribution in [0.3, 0.4) is 0 Å². The van der Waals surface area contributed by atoms with Crippen LogP contribution in [0.2, 0.25) is 0 Å². The minimum Gasteiger partial charge on any atom is -0.457 e. The molecule has 232 valence electrons. The molecule has 2 aliphatic rings. The highest BCUT2D eigenvalue weighted by molar-refractivity contribution is 5.98. The van der Waals surface area contributed by atoms with Gasteiger partial charge in [-0.2, -0.15) is 5.26 Å². The average Bonchev–Trinajstić information content (AvgIpc) is 3.31. The van der Waals surface area contributed by atoms with Gasteiger partial charge in [-0.15, -0.1) is 0 Å². The summed E-state index contributed by atoms with van der Waals surface area (Å²) in [6.45, 7) is 8.38. The van der Waals surface area contributed by atoms with Crippen LogP contribution in [-0.2, 0) is 11.3 Å². The van der Waals surface area contributed by atoms with E-state index in [1.54, 1.807) is 35.2 Å². The molecule has 4 heterocycles. The van der Waals surface area contributed by atoms with E-state index in [2.05, 4.69) is 32.9 Å². The molecule has 45 heavy (non-hydrogen) atoms. The SMILES string of the molecule is CN1CCN(C(C)(C)C=C(C#N)C(=O)N2CC[C@H]2Cn2c(=O)n(-c3ccc(Oc4ccccc4)cc3)c3c(N)ncnc32)CC1. The zero-order valence-corrected chi connectivity index (χ0v) is 25.8. The third-order valence-corrected chi connectivity index (χ3v) is 8.77. The van der Waals surface area contributed by atoms with Crippen LogP contribution in [0.1, 0.15) is 20.3 Å². The molecule has 2 aromatic carbocycles. The predicted molar refractivity (Wildman–Crippen MR) is 171 cm³/mol. The lowest BCUT2D eigenvalue weighted by molar-refractivity contribution is -0.134. The second-order valence-corrected chi connectivity index (χ2v) is 12.1. The van der Waals surface area contributed by atoms with Gasteiger partial charge in [0.05, 0.1) is 11.7 Å². The van der Waals surface area contributed by atoms with Gasteiger partial charge in [-0.25, -0.2) is 14.8 Å². The lowest BCUT2D eigenvalue weighted by Gasteiger charge is -2.43. The number of amides is 1. The maximum absolute atomic E-state index is 13.9. The average molecular weight is 608 g/mol. The van der Waals surface area contributed by atoms with Crippen molar-refractivity contribution in [3.8, 4) is 23.3 Å². The second kappa shape index (κ2) is 12.2. The van der Waals surface area contributed by atoms with Crippen molar-refractivity contribution in [2.75, 3.05) is 45.5 Å². The van der Waals surface area contributed by atoms with Crippen LogP contribution in [0.25, 0.3) is 16.9 Å². The van der Waals surface area contributed by atoms with Gasteiger partial charge in [-0.1, -0.05) is 18.2 Å². The van der Waals surface area contributed by atoms with Gasteiger partial charge in [0.1, 0.15) is 35.0 Å². The van der Waals surface area contributed by atoms with Crippen molar-refractivity contribution in [2.24, 2.45) is 0 Å². The van der Waals surface area contributed by atoms with E-state index < -0.39 is 5.54 Å². The quantitative estimate of drug-likeness (QED) is 0.237. The van der Waals surface area contributed by atoms with Gasteiger partial charge in [0, 0.05) is 44.8 Å². The molecule has 0 radical (unpaired) electrons. The molecule has 6 rings (SSSR count). The molecule has 12 nitrogen and oxygen atoms in total. The fourth-order valence-electron chi connectivity index (χ4n) is 6.03. The first-order chi connectivity index (χ1) is 21.7. The molecule has 0 aliphatic carbocycles. The van der Waals surface area contributed by atoms with Crippen molar-refractivity contribution in [1.82, 2.24) is 33.8 Å². The highest BCUT2D eigenvalue weighted by Crippen LogP contribution is 2.28. The van der Waals surface area contributed by atoms with E-state index in [4.69, 9.17) is 10.5 Å². The third kappa shape index (κ3) is 5.92. The maximum Gasteiger partial charge on any atom is 0.335 e. The number of ether oxygens (including phenoxy) is 1. The summed E-state index contributed by atoms with van der Waals surface area (Å²) in [6, 6.07) is 18.4. The number of hydrogen-bond donors (Lipinski definition) is 1. The number of fused-ring (bicyclic) bond motifs is 1. The second-order valence-electron chi connectivity index (χ2n) is 12.1. The number of aromatic nitrogens is 4. The van der Waals surface area contributed by atoms with Crippen molar-refractivity contribution >= 4 is 22.9 Å². The molecule has 2 fully saturated rings. The van der Waals surface area contributed by atoms with Crippen LogP contribution in [0.15, 0.2) is 77.4 Å². The molecule has 2 aromatic heterocycles. The van der Waals surface area contributed by atoms with E-state index in [9.17, 15) is 14.9 Å². The molecule has 0 saturated carbocycles. The molecular formula is C33H37N9O3. The standard InChI is InChI=1S/C33H37N9O3/c1-33(2,39-17-15-38(3)16-18-39)19-23(20-34)31(43)40-14-13-25(40)21-41-30-28(29(35)36-22-37-30)42(32(41)44)24-9-11-27(12-10-24)45-26-7-5-4-6-8-26/h4-12,19,22,25H,13-18,21H2,1-3H3,(H2,35,36,37)/t25-/m0/s1. The van der Waals surface area contributed by atoms with Gasteiger partial charge >= 0.3 is 5.69 Å². The maximum atomic E-state index is 13.9. The summed E-state index contributed by atoms with van der Waals surface area (Å²) in [5.74, 6) is 1.17. The number of anilines is 1. The Hall–Kier alpha value is -4.99. The summed E-state index contributed by atoms with van der Waals surface area (Å²) in [6.07, 6.45) is 3.81. The van der Waals surface area contributed by atoms with Crippen LogP contribution in [-0.4, -0.2) is 91.1 Å². The van der Waals surface area contributed by atoms with Gasteiger partial charge in [0.25, 0.3) is 5.91 Å². The summed E-state index contributed by atoms with van der Waals surface area (Å²) < 4.78 is 8.94. The van der Waals surface area contributed by atoms with Gasteiger partial charge < -0.3 is 20.3 Å². The highest BCUT2D eigenvalue weighted by Gasteiger charge is 2.37. The minimum absolute atomic E-state index is 0.114. The Bertz CT molecular complexity index is 1830. The number of likely N-dealkylation sites (tertiary alicyclic amines) is 1. The molecule has 1 atom stereocenters. The van der Waals surface area contributed by atoms with Crippen LogP contribution in [0, 0.1) is 11.3 Å². The zero-order valence-electron chi connectivity index (χ0n) is 25.8. The Kier molecular flexibility index (Phi) is 8.14. The van der Waals surface area contributed by atoms with E-state index in [0.717, 1.165) is 26.2 Å². The smallest absolute Gasteiger partial charge is 0.335 e. The van der Waals surface area contributed by atoms with Crippen molar-refractivity contribution in [2.45, 2.75) is 38.4 Å². The number of piperazine rings is 1. The van der Waals surface area contributed by atoms with Gasteiger partial charge in [-0.3, -0.25) is 18.8 Å². The zero-order chi connectivity index (χ0) is 31.7. The molecule has 2 aliphatic heterocycles. The molecule has 2 N–H and O–H groups in total. The van der Waals surface area contributed by atoms with Gasteiger partial charge in [-0.05, 0) is 69.8 Å². The first kappa shape index (κ1) is 30.1. The topological polar surface area (TPSA) is 139 Å². The lowest BCUT2D eigenvalue weighted by Crippen LogP contribution is -2.55. The fraction of sp³-hybridized carbons (Fsp3) is 0.364. The first-order valence-corrected chi connectivity index (χ1v) is 15.1. The number of benzene rings is 2. The minimum atomic E-state index is -0.456. The van der Waals surface area contributed by atoms with E-state index in [1.165, 1.54) is 15.5 Å². The molecule has 0 spiro atoms. The van der Waals surface area contributed by atoms with Crippen LogP contribution < -0.4 is 16.2 Å². The molecule has 2 saturated heterocycles. The van der Waals surface area contributed by atoms with Crippen LogP contribution >= 0.6 is 0 Å². The number of carbonyl (C=O) groups is 1. The largest absolute Gasteiger partial charge is 0.457 e. The number of para-hydroxylation sites is 1. The summed E-state index contributed by atoms with van der Waals surface area (Å²) >= 11 is 0. The van der Waals surface area contributed by atoms with Crippen molar-refractivity contribution in [3.63, 3.8) is 0 Å². The summed E-state index contributed by atoms with van der Waals surface area (Å²) in [4.78, 5) is 42.3. The summed E-state index contributed by atoms with van der Waals surface area (Å²) in [7, 11) is 2.09. The van der Waals surface area contributed by atoms with Crippen molar-refractivity contribution < 1.29 is 9.53 Å². The van der Waals surface area contributed by atoms with E-state index >= 15 is 0 Å². The number of imidazole rings is 1. The molecule has 12 heteroatoms. The Labute approximate surface area is 261 Å². The number of nitriles is 1. The highest BCUT2D eigenvalue weighted by atomic mass is 16.5. The van der Waals surface area contributed by atoms with Crippen molar-refractivity contribution in [3.05, 3.63) is 83.1 Å². The van der Waals surface area contributed by atoms with Crippen LogP contribution in [0.4, 0.5) is 5.82 Å². The molecule has 0 bridgehead atoms. The van der Waals surface area contributed by atoms with E-state index in [-0.39, 0.29) is 35.6 Å². The lowest BCUT2D eigenvalue weighted by atomic mass is 9.95. The Morgan fingerprint density at radius 3 is 2.38 bits per heavy atom. The normalized spacial score (nSPS) is 18.0. The summed E-state index contributed by atoms with van der Waals surface area (Å²) in [5.41, 5.74) is 6.94. The Morgan fingerprint density at radius 1 is 1.04 bits per heavy atom. The van der Waals surface area contributed by atoms with Gasteiger partial charge in [0.2, 0.25) is 0 Å². The number of hydrogen-bond acceptors (Lipinski definition) is 9. The van der Waals surface area contributed by atoms with Crippen LogP contribution in [0.5, 0.6) is 11.5 Å². The Morgan fingerprint density at radius 2 is 1.73 bits per heavy atom. The Balaban J connectivity index is 1.25.